The average Bonchev–Trinajstić information content (AvgIpc) is 2.33. The number of hydrogen-bond acceptors (Lipinski definition) is 1. The lowest BCUT2D eigenvalue weighted by Gasteiger charge is -2.04. The Labute approximate surface area is 109 Å². The zero-order valence-corrected chi connectivity index (χ0v) is 11.0. The van der Waals surface area contributed by atoms with Crippen LogP contribution in [-0.4, -0.2) is 11.7 Å². The summed E-state index contributed by atoms with van der Waals surface area (Å²) in [5.41, 5.74) is 1.22. The van der Waals surface area contributed by atoms with Crippen LogP contribution in [0.4, 0.5) is 0 Å². The molecule has 2 aromatic carbocycles. The van der Waals surface area contributed by atoms with Crippen molar-refractivity contribution in [2.24, 2.45) is 0 Å². The second-order valence-electron chi connectivity index (χ2n) is 3.60. The highest BCUT2D eigenvalue weighted by Gasteiger charge is 2.01. The minimum absolute atomic E-state index is 0.209. The molecule has 2 aromatic rings. The number of fused-ring (bicyclic) bond motifs is 1. The lowest BCUT2D eigenvalue weighted by atomic mass is 10.1. The van der Waals surface area contributed by atoms with E-state index in [1.54, 1.807) is 0 Å². The summed E-state index contributed by atoms with van der Waals surface area (Å²) in [6, 6.07) is 12.6. The van der Waals surface area contributed by atoms with Gasteiger partial charge in [0.25, 0.3) is 0 Å². The second-order valence-corrected chi connectivity index (χ2v) is 4.68. The molecule has 2 heteroatoms. The first-order chi connectivity index (χ1) is 7.83. The molecule has 0 aromatic heterocycles. The van der Waals surface area contributed by atoms with Gasteiger partial charge in [-0.3, -0.25) is 0 Å². The van der Waals surface area contributed by atoms with Crippen molar-refractivity contribution in [3.63, 3.8) is 0 Å². The first-order valence-corrected chi connectivity index (χ1v) is 6.35. The lowest BCUT2D eigenvalue weighted by molar-refractivity contribution is 0.303. The summed E-state index contributed by atoms with van der Waals surface area (Å²) < 4.78 is 1.27. The Bertz CT molecular complexity index is 517. The fraction of sp³-hybridized carbons (Fsp3) is 0.143. The zero-order valence-electron chi connectivity index (χ0n) is 8.86. The molecule has 0 heterocycles. The summed E-state index contributed by atoms with van der Waals surface area (Å²) in [5, 5.41) is 11.3. The molecule has 0 amide bonds. The standard InChI is InChI=1S/C14H13IO/c15-14-12(6-3-4-10-16)9-8-11-5-1-2-7-13(11)14/h1-3,5-9,16H,4,10H2/b6-3-. The van der Waals surface area contributed by atoms with Crippen LogP contribution in [0.2, 0.25) is 0 Å². The monoisotopic (exact) mass is 324 g/mol. The van der Waals surface area contributed by atoms with Crippen LogP contribution in [0.25, 0.3) is 16.8 Å². The highest BCUT2D eigenvalue weighted by molar-refractivity contribution is 14.1. The quantitative estimate of drug-likeness (QED) is 0.851. The van der Waals surface area contributed by atoms with Gasteiger partial charge in [-0.15, -0.1) is 0 Å². The van der Waals surface area contributed by atoms with Crippen molar-refractivity contribution in [1.29, 1.82) is 0 Å². The molecule has 82 valence electrons. The molecule has 0 atom stereocenters. The Morgan fingerprint density at radius 2 is 1.94 bits per heavy atom. The number of hydrogen-bond donors (Lipinski definition) is 1. The Hall–Kier alpha value is -0.870. The molecule has 0 aliphatic carbocycles. The van der Waals surface area contributed by atoms with Crippen molar-refractivity contribution in [3.05, 3.63) is 51.6 Å². The van der Waals surface area contributed by atoms with E-state index in [1.807, 2.05) is 6.08 Å². The molecule has 0 bridgehead atoms. The van der Waals surface area contributed by atoms with Crippen LogP contribution in [0, 0.1) is 3.57 Å². The SMILES string of the molecule is OCC/C=C\c1ccc2ccccc2c1I. The van der Waals surface area contributed by atoms with E-state index in [4.69, 9.17) is 5.11 Å². The fourth-order valence-electron chi connectivity index (χ4n) is 1.66. The molecule has 1 N–H and O–H groups in total. The van der Waals surface area contributed by atoms with Gasteiger partial charge >= 0.3 is 0 Å². The van der Waals surface area contributed by atoms with Gasteiger partial charge in [0.15, 0.2) is 0 Å². The van der Waals surface area contributed by atoms with Gasteiger partial charge in [-0.2, -0.15) is 0 Å². The molecule has 0 saturated heterocycles. The van der Waals surface area contributed by atoms with E-state index >= 15 is 0 Å². The predicted molar refractivity (Wildman–Crippen MR) is 77.4 cm³/mol. The summed E-state index contributed by atoms with van der Waals surface area (Å²) in [6.45, 7) is 0.209. The topological polar surface area (TPSA) is 20.2 Å². The largest absolute Gasteiger partial charge is 0.396 e. The van der Waals surface area contributed by atoms with Gasteiger partial charge in [0.1, 0.15) is 0 Å². The molecule has 0 aliphatic heterocycles. The average molecular weight is 324 g/mol. The van der Waals surface area contributed by atoms with E-state index in [1.165, 1.54) is 19.9 Å². The Kier molecular flexibility index (Phi) is 3.96. The van der Waals surface area contributed by atoms with Crippen molar-refractivity contribution < 1.29 is 5.11 Å². The highest BCUT2D eigenvalue weighted by Crippen LogP contribution is 2.24. The van der Waals surface area contributed by atoms with Crippen molar-refractivity contribution in [3.8, 4) is 0 Å². The number of aliphatic hydroxyl groups is 1. The number of benzene rings is 2. The molecular formula is C14H13IO. The molecular weight excluding hydrogens is 311 g/mol. The lowest BCUT2D eigenvalue weighted by Crippen LogP contribution is -1.83. The molecule has 16 heavy (non-hydrogen) atoms. The van der Waals surface area contributed by atoms with Crippen LogP contribution in [-0.2, 0) is 0 Å². The molecule has 1 nitrogen and oxygen atoms in total. The van der Waals surface area contributed by atoms with E-state index in [0.717, 1.165) is 0 Å². The Morgan fingerprint density at radius 1 is 1.12 bits per heavy atom. The summed E-state index contributed by atoms with van der Waals surface area (Å²) in [5.74, 6) is 0. The number of aliphatic hydroxyl groups excluding tert-OH is 1. The van der Waals surface area contributed by atoms with Crippen LogP contribution < -0.4 is 0 Å². The van der Waals surface area contributed by atoms with E-state index < -0.39 is 0 Å². The van der Waals surface area contributed by atoms with Gasteiger partial charge in [0.2, 0.25) is 0 Å². The van der Waals surface area contributed by atoms with Crippen LogP contribution >= 0.6 is 22.6 Å². The second kappa shape index (κ2) is 5.46. The first-order valence-electron chi connectivity index (χ1n) is 5.27. The molecule has 0 saturated carbocycles. The van der Waals surface area contributed by atoms with Gasteiger partial charge < -0.3 is 5.11 Å². The minimum atomic E-state index is 0.209. The van der Waals surface area contributed by atoms with Crippen molar-refractivity contribution in [2.45, 2.75) is 6.42 Å². The summed E-state index contributed by atoms with van der Waals surface area (Å²) >= 11 is 2.38. The third-order valence-electron chi connectivity index (χ3n) is 2.49. The van der Waals surface area contributed by atoms with Gasteiger partial charge in [-0.1, -0.05) is 48.6 Å². The van der Waals surface area contributed by atoms with E-state index in [2.05, 4.69) is 65.1 Å². The molecule has 0 spiro atoms. The van der Waals surface area contributed by atoms with Gasteiger partial charge in [-0.05, 0) is 45.3 Å². The normalized spacial score (nSPS) is 11.4. The minimum Gasteiger partial charge on any atom is -0.396 e. The number of halogens is 1. The smallest absolute Gasteiger partial charge is 0.0465 e. The van der Waals surface area contributed by atoms with Crippen LogP contribution in [0.15, 0.2) is 42.5 Å². The zero-order chi connectivity index (χ0) is 11.4. The third-order valence-corrected chi connectivity index (χ3v) is 3.69. The summed E-state index contributed by atoms with van der Waals surface area (Å²) in [4.78, 5) is 0. The van der Waals surface area contributed by atoms with Crippen molar-refractivity contribution >= 4 is 39.4 Å². The van der Waals surface area contributed by atoms with Crippen LogP contribution in [0.3, 0.4) is 0 Å². The van der Waals surface area contributed by atoms with Gasteiger partial charge in [0.05, 0.1) is 0 Å². The number of rotatable bonds is 3. The highest BCUT2D eigenvalue weighted by atomic mass is 127. The molecule has 0 radical (unpaired) electrons. The van der Waals surface area contributed by atoms with Gasteiger partial charge in [-0.25, -0.2) is 0 Å². The maximum Gasteiger partial charge on any atom is 0.0465 e. The molecule has 2 rings (SSSR count). The van der Waals surface area contributed by atoms with Crippen molar-refractivity contribution in [2.75, 3.05) is 6.61 Å². The van der Waals surface area contributed by atoms with Crippen molar-refractivity contribution in [1.82, 2.24) is 0 Å². The molecule has 0 unspecified atom stereocenters. The van der Waals surface area contributed by atoms with Gasteiger partial charge in [0, 0.05) is 10.2 Å². The Balaban J connectivity index is 2.44. The van der Waals surface area contributed by atoms with Crippen LogP contribution in [0.5, 0.6) is 0 Å². The third kappa shape index (κ3) is 2.44. The summed E-state index contributed by atoms with van der Waals surface area (Å²) in [6.07, 6.45) is 4.79. The maximum atomic E-state index is 8.73. The molecule has 0 aliphatic rings. The fourth-order valence-corrected chi connectivity index (χ4v) is 2.51. The first kappa shape index (κ1) is 11.6. The summed E-state index contributed by atoms with van der Waals surface area (Å²) in [7, 11) is 0. The Morgan fingerprint density at radius 3 is 2.75 bits per heavy atom. The maximum absolute atomic E-state index is 8.73. The van der Waals surface area contributed by atoms with Crippen LogP contribution in [0.1, 0.15) is 12.0 Å². The molecule has 0 fully saturated rings. The van der Waals surface area contributed by atoms with E-state index in [-0.39, 0.29) is 6.61 Å². The van der Waals surface area contributed by atoms with E-state index in [0.29, 0.717) is 6.42 Å². The van der Waals surface area contributed by atoms with E-state index in [9.17, 15) is 0 Å². The predicted octanol–water partition coefficient (Wildman–Crippen LogP) is 3.84.